The number of nitrogens with one attached hydrogen (secondary N) is 1. The molecule has 0 bridgehead atoms. The average Bonchev–Trinajstić information content (AvgIpc) is 2.78. The van der Waals surface area contributed by atoms with Gasteiger partial charge in [-0.1, -0.05) is 18.2 Å². The van der Waals surface area contributed by atoms with Gasteiger partial charge in [-0.05, 0) is 31.4 Å². The highest BCUT2D eigenvalue weighted by atomic mass is 16.5. The Labute approximate surface area is 111 Å². The summed E-state index contributed by atoms with van der Waals surface area (Å²) in [7, 11) is 0. The maximum Gasteiger partial charge on any atom is 0.307 e. The Hall–Kier alpha value is -1.88. The number of amides is 1. The molecule has 0 radical (unpaired) electrons. The van der Waals surface area contributed by atoms with E-state index in [-0.39, 0.29) is 18.4 Å². The average molecular weight is 263 g/mol. The van der Waals surface area contributed by atoms with E-state index in [1.54, 1.807) is 24.3 Å². The predicted octanol–water partition coefficient (Wildman–Crippen LogP) is 1.82. The van der Waals surface area contributed by atoms with Crippen LogP contribution in [-0.2, 0) is 20.7 Å². The summed E-state index contributed by atoms with van der Waals surface area (Å²) in [5.74, 6) is -1.13. The zero-order valence-corrected chi connectivity index (χ0v) is 10.8. The molecule has 19 heavy (non-hydrogen) atoms. The normalized spacial score (nSPS) is 22.2. The third kappa shape index (κ3) is 3.54. The van der Waals surface area contributed by atoms with Gasteiger partial charge in [0, 0.05) is 5.69 Å². The lowest BCUT2D eigenvalue weighted by molar-refractivity contribution is -0.136. The van der Waals surface area contributed by atoms with E-state index in [9.17, 15) is 9.59 Å². The van der Waals surface area contributed by atoms with E-state index in [0.29, 0.717) is 17.7 Å². The van der Waals surface area contributed by atoms with E-state index in [2.05, 4.69) is 5.32 Å². The number of hydrogen-bond donors (Lipinski definition) is 2. The summed E-state index contributed by atoms with van der Waals surface area (Å²) in [6.45, 7) is 1.94. The molecule has 1 fully saturated rings. The molecule has 2 atom stereocenters. The van der Waals surface area contributed by atoms with Crippen molar-refractivity contribution in [1.82, 2.24) is 0 Å². The Kier molecular flexibility index (Phi) is 4.16. The van der Waals surface area contributed by atoms with Crippen LogP contribution in [0.1, 0.15) is 25.3 Å². The summed E-state index contributed by atoms with van der Waals surface area (Å²) in [5, 5.41) is 11.6. The van der Waals surface area contributed by atoms with Crippen molar-refractivity contribution in [3.8, 4) is 0 Å². The van der Waals surface area contributed by atoms with Crippen molar-refractivity contribution in [2.75, 3.05) is 5.32 Å². The molecule has 1 aliphatic heterocycles. The lowest BCUT2D eigenvalue weighted by atomic mass is 10.1. The number of carboxylic acid groups (broad SMARTS) is 1. The molecule has 1 aromatic rings. The first kappa shape index (κ1) is 13.5. The molecular weight excluding hydrogens is 246 g/mol. The Morgan fingerprint density at radius 1 is 1.37 bits per heavy atom. The molecule has 2 rings (SSSR count). The van der Waals surface area contributed by atoms with Gasteiger partial charge in [0.2, 0.25) is 0 Å². The zero-order valence-electron chi connectivity index (χ0n) is 10.8. The van der Waals surface area contributed by atoms with Crippen molar-refractivity contribution in [3.05, 3.63) is 29.8 Å². The third-order valence-electron chi connectivity index (χ3n) is 3.14. The molecule has 1 aromatic carbocycles. The lowest BCUT2D eigenvalue weighted by Crippen LogP contribution is -2.28. The number of para-hydroxylation sites is 1. The predicted molar refractivity (Wildman–Crippen MR) is 70.0 cm³/mol. The molecule has 0 unspecified atom stereocenters. The number of carbonyl (C=O) groups excluding carboxylic acids is 1. The number of ether oxygens (including phenoxy) is 1. The molecule has 0 aromatic heterocycles. The van der Waals surface area contributed by atoms with Gasteiger partial charge in [-0.15, -0.1) is 0 Å². The smallest absolute Gasteiger partial charge is 0.307 e. The van der Waals surface area contributed by atoms with Crippen LogP contribution in [0, 0.1) is 0 Å². The van der Waals surface area contributed by atoms with Crippen LogP contribution in [0.25, 0.3) is 0 Å². The fourth-order valence-electron chi connectivity index (χ4n) is 2.17. The fraction of sp³-hybridized carbons (Fsp3) is 0.429. The van der Waals surface area contributed by atoms with Crippen LogP contribution >= 0.6 is 0 Å². The number of aliphatic carboxylic acids is 1. The Morgan fingerprint density at radius 3 is 2.74 bits per heavy atom. The second-order valence-corrected chi connectivity index (χ2v) is 4.73. The summed E-state index contributed by atoms with van der Waals surface area (Å²) < 4.78 is 5.49. The topological polar surface area (TPSA) is 75.6 Å². The van der Waals surface area contributed by atoms with E-state index in [4.69, 9.17) is 9.84 Å². The highest BCUT2D eigenvalue weighted by Crippen LogP contribution is 2.22. The Balaban J connectivity index is 2.06. The minimum atomic E-state index is -0.924. The van der Waals surface area contributed by atoms with Gasteiger partial charge < -0.3 is 15.2 Å². The van der Waals surface area contributed by atoms with E-state index < -0.39 is 12.1 Å². The summed E-state index contributed by atoms with van der Waals surface area (Å²) in [4.78, 5) is 22.8. The first-order chi connectivity index (χ1) is 9.06. The molecule has 1 saturated heterocycles. The molecule has 5 nitrogen and oxygen atoms in total. The lowest BCUT2D eigenvalue weighted by Gasteiger charge is -2.14. The van der Waals surface area contributed by atoms with Crippen LogP contribution in [0.2, 0.25) is 0 Å². The maximum atomic E-state index is 12.0. The summed E-state index contributed by atoms with van der Waals surface area (Å²) >= 11 is 0. The van der Waals surface area contributed by atoms with Crippen molar-refractivity contribution in [3.63, 3.8) is 0 Å². The third-order valence-corrected chi connectivity index (χ3v) is 3.14. The molecule has 5 heteroatoms. The zero-order chi connectivity index (χ0) is 13.8. The van der Waals surface area contributed by atoms with Crippen LogP contribution in [0.5, 0.6) is 0 Å². The number of benzene rings is 1. The molecule has 2 N–H and O–H groups in total. The van der Waals surface area contributed by atoms with Crippen LogP contribution in [0.15, 0.2) is 24.3 Å². The minimum Gasteiger partial charge on any atom is -0.481 e. The number of rotatable bonds is 4. The van der Waals surface area contributed by atoms with Gasteiger partial charge in [0.25, 0.3) is 5.91 Å². The monoisotopic (exact) mass is 263 g/mol. The van der Waals surface area contributed by atoms with Crippen LogP contribution in [-0.4, -0.2) is 29.2 Å². The quantitative estimate of drug-likeness (QED) is 0.868. The summed E-state index contributed by atoms with van der Waals surface area (Å²) in [6.07, 6.45) is 1.12. The molecule has 102 valence electrons. The molecule has 1 aliphatic rings. The highest BCUT2D eigenvalue weighted by Gasteiger charge is 2.28. The van der Waals surface area contributed by atoms with Crippen molar-refractivity contribution in [2.24, 2.45) is 0 Å². The van der Waals surface area contributed by atoms with Crippen molar-refractivity contribution < 1.29 is 19.4 Å². The Bertz CT molecular complexity index is 486. The standard InChI is InChI=1S/C14H17NO4/c1-9-6-7-12(19-9)14(18)15-11-5-3-2-4-10(11)8-13(16)17/h2-5,9,12H,6-8H2,1H3,(H,15,18)(H,16,17)/t9-,12-/m1/s1. The number of carboxylic acids is 1. The maximum absolute atomic E-state index is 12.0. The van der Waals surface area contributed by atoms with Gasteiger partial charge in [0.05, 0.1) is 12.5 Å². The molecule has 0 aliphatic carbocycles. The van der Waals surface area contributed by atoms with Crippen LogP contribution in [0.4, 0.5) is 5.69 Å². The molecular formula is C14H17NO4. The van der Waals surface area contributed by atoms with E-state index >= 15 is 0 Å². The Morgan fingerprint density at radius 2 is 2.11 bits per heavy atom. The number of carbonyl (C=O) groups is 2. The van der Waals surface area contributed by atoms with Gasteiger partial charge in [-0.25, -0.2) is 0 Å². The fourth-order valence-corrected chi connectivity index (χ4v) is 2.17. The molecule has 1 amide bonds. The first-order valence-electron chi connectivity index (χ1n) is 6.32. The van der Waals surface area contributed by atoms with Crippen molar-refractivity contribution >= 4 is 17.6 Å². The van der Waals surface area contributed by atoms with Gasteiger partial charge in [-0.2, -0.15) is 0 Å². The minimum absolute atomic E-state index is 0.102. The number of anilines is 1. The van der Waals surface area contributed by atoms with E-state index in [1.165, 1.54) is 0 Å². The van der Waals surface area contributed by atoms with Gasteiger partial charge in [0.15, 0.2) is 0 Å². The van der Waals surface area contributed by atoms with E-state index in [1.807, 2.05) is 6.92 Å². The second-order valence-electron chi connectivity index (χ2n) is 4.73. The first-order valence-corrected chi connectivity index (χ1v) is 6.32. The van der Waals surface area contributed by atoms with Gasteiger partial charge in [0.1, 0.15) is 6.10 Å². The largest absolute Gasteiger partial charge is 0.481 e. The summed E-state index contributed by atoms with van der Waals surface area (Å²) in [6, 6.07) is 6.91. The SMILES string of the molecule is C[C@@H]1CC[C@H](C(=O)Nc2ccccc2CC(=O)O)O1. The molecule has 0 spiro atoms. The van der Waals surface area contributed by atoms with Crippen LogP contribution < -0.4 is 5.32 Å². The van der Waals surface area contributed by atoms with Crippen molar-refractivity contribution in [1.29, 1.82) is 0 Å². The number of hydrogen-bond acceptors (Lipinski definition) is 3. The molecule has 0 saturated carbocycles. The van der Waals surface area contributed by atoms with Gasteiger partial charge >= 0.3 is 5.97 Å². The summed E-state index contributed by atoms with van der Waals surface area (Å²) in [5.41, 5.74) is 1.13. The highest BCUT2D eigenvalue weighted by molar-refractivity contribution is 5.95. The second kappa shape index (κ2) is 5.84. The van der Waals surface area contributed by atoms with Crippen LogP contribution in [0.3, 0.4) is 0 Å². The van der Waals surface area contributed by atoms with E-state index in [0.717, 1.165) is 6.42 Å². The molecule has 1 heterocycles. The van der Waals surface area contributed by atoms with Gasteiger partial charge in [-0.3, -0.25) is 9.59 Å². The van der Waals surface area contributed by atoms with Crippen molar-refractivity contribution in [2.45, 2.75) is 38.4 Å².